The molecule has 1 aliphatic rings. The average Bonchev–Trinajstić information content (AvgIpc) is 3.44. The molecule has 6 N–H and O–H groups in total. The summed E-state index contributed by atoms with van der Waals surface area (Å²) in [6.07, 6.45) is 1.13. The van der Waals surface area contributed by atoms with E-state index in [1.807, 2.05) is 24.3 Å². The third kappa shape index (κ3) is 11.8. The Hall–Kier alpha value is -5.05. The van der Waals surface area contributed by atoms with Crippen molar-refractivity contribution in [3.05, 3.63) is 82.8 Å². The van der Waals surface area contributed by atoms with Gasteiger partial charge < -0.3 is 36.2 Å². The predicted octanol–water partition coefficient (Wildman–Crippen LogP) is 0.624. The fraction of sp³-hybridized carbons (Fsp3) is 0.355. The fourth-order valence-corrected chi connectivity index (χ4v) is 5.28. The Morgan fingerprint density at radius 3 is 2.07 bits per heavy atom. The molecule has 1 aliphatic carbocycles. The highest BCUT2D eigenvalue weighted by atomic mass is 32.2. The molecule has 0 heterocycles. The van der Waals surface area contributed by atoms with Crippen LogP contribution in [0.4, 0.5) is 4.79 Å². The number of amides is 4. The molecule has 0 bridgehead atoms. The van der Waals surface area contributed by atoms with Crippen molar-refractivity contribution in [1.82, 2.24) is 21.3 Å². The minimum atomic E-state index is -1.59. The second kappa shape index (κ2) is 17.4. The molecular formula is C31H36N4O10S. The van der Waals surface area contributed by atoms with Crippen LogP contribution >= 0.6 is 0 Å². The van der Waals surface area contributed by atoms with E-state index in [9.17, 15) is 38.1 Å². The quantitative estimate of drug-likeness (QED) is 0.148. The van der Waals surface area contributed by atoms with Gasteiger partial charge in [0.25, 0.3) is 0 Å². The van der Waals surface area contributed by atoms with Crippen LogP contribution in [-0.4, -0.2) is 81.1 Å². The Morgan fingerprint density at radius 2 is 1.48 bits per heavy atom. The van der Waals surface area contributed by atoms with E-state index in [-0.39, 0.29) is 6.61 Å². The van der Waals surface area contributed by atoms with Crippen LogP contribution in [0.1, 0.15) is 29.5 Å². The number of carbonyl (C=O) groups is 6. The van der Waals surface area contributed by atoms with E-state index >= 15 is 0 Å². The van der Waals surface area contributed by atoms with Gasteiger partial charge in [0.15, 0.2) is 0 Å². The van der Waals surface area contributed by atoms with Gasteiger partial charge in [-0.05, 0) is 35.4 Å². The Balaban J connectivity index is 1.71. The van der Waals surface area contributed by atoms with Crippen molar-refractivity contribution in [2.45, 2.75) is 50.4 Å². The molecule has 3 rings (SSSR count). The van der Waals surface area contributed by atoms with Gasteiger partial charge in [-0.2, -0.15) is 0 Å². The van der Waals surface area contributed by atoms with Gasteiger partial charge in [0, 0.05) is 22.5 Å². The number of ether oxygens (including phenoxy) is 1. The molecule has 14 nitrogen and oxygen atoms in total. The van der Waals surface area contributed by atoms with E-state index in [1.165, 1.54) is 17.7 Å². The molecule has 4 atom stereocenters. The monoisotopic (exact) mass is 656 g/mol. The zero-order valence-electron chi connectivity index (χ0n) is 25.0. The molecule has 4 amide bonds. The first kappa shape index (κ1) is 35.4. The van der Waals surface area contributed by atoms with E-state index in [0.717, 1.165) is 11.1 Å². The van der Waals surface area contributed by atoms with E-state index in [2.05, 4.69) is 21.3 Å². The standard InChI is InChI=1S/C31H36N4O10S/c1-46(44)12-11-23(15-26(37)38)33-25(36)17-32-30(42)28(22-13-20-9-5-6-10-21(20)14-22)35-29(41)24(16-27(39)40)34-31(43)45-18-19-7-3-2-4-8-19/h2-12,22-24,28H,13-18H2,1H3,(H,32,42)(H,33,36)(H,34,43)(H,35,41)(H,37,38)(H,39,40)/b12-11+/t23?,24-,28?,46?/m0/s1. The molecule has 46 heavy (non-hydrogen) atoms. The predicted molar refractivity (Wildman–Crippen MR) is 165 cm³/mol. The van der Waals surface area contributed by atoms with Crippen LogP contribution in [-0.2, 0) is 59.0 Å². The highest BCUT2D eigenvalue weighted by molar-refractivity contribution is 7.87. The van der Waals surface area contributed by atoms with Crippen molar-refractivity contribution in [1.29, 1.82) is 0 Å². The molecule has 0 saturated heterocycles. The molecule has 2 aromatic rings. The summed E-state index contributed by atoms with van der Waals surface area (Å²) in [6, 6.07) is 12.3. The van der Waals surface area contributed by atoms with E-state index in [1.54, 1.807) is 30.3 Å². The molecule has 0 spiro atoms. The zero-order valence-corrected chi connectivity index (χ0v) is 25.8. The topological polar surface area (TPSA) is 217 Å². The molecule has 15 heteroatoms. The third-order valence-corrected chi connectivity index (χ3v) is 7.54. The summed E-state index contributed by atoms with van der Waals surface area (Å²) in [5.41, 5.74) is 2.58. The maximum absolute atomic E-state index is 13.4. The number of fused-ring (bicyclic) bond motifs is 1. The molecule has 246 valence electrons. The maximum Gasteiger partial charge on any atom is 0.408 e. The second-order valence-electron chi connectivity index (χ2n) is 10.6. The van der Waals surface area contributed by atoms with Gasteiger partial charge in [0.1, 0.15) is 18.7 Å². The van der Waals surface area contributed by atoms with Crippen molar-refractivity contribution in [2.75, 3.05) is 12.8 Å². The van der Waals surface area contributed by atoms with E-state index in [0.29, 0.717) is 18.4 Å². The Morgan fingerprint density at radius 1 is 0.870 bits per heavy atom. The Bertz CT molecular complexity index is 1460. The SMILES string of the molecule is CS(=O)/C=C/C(CC(=O)O)NC(=O)CNC(=O)C(NC(=O)[C@H](CC(=O)O)NC(=O)OCc1ccccc1)C1Cc2ccccc2C1. The summed E-state index contributed by atoms with van der Waals surface area (Å²) < 4.78 is 16.5. The summed E-state index contributed by atoms with van der Waals surface area (Å²) in [4.78, 5) is 74.6. The summed E-state index contributed by atoms with van der Waals surface area (Å²) >= 11 is 0. The molecule has 0 radical (unpaired) electrons. The van der Waals surface area contributed by atoms with Gasteiger partial charge in [-0.15, -0.1) is 0 Å². The minimum Gasteiger partial charge on any atom is -0.481 e. The first-order valence-electron chi connectivity index (χ1n) is 14.3. The van der Waals surface area contributed by atoms with Gasteiger partial charge in [0.05, 0.1) is 25.4 Å². The van der Waals surface area contributed by atoms with Crippen molar-refractivity contribution in [3.63, 3.8) is 0 Å². The van der Waals surface area contributed by atoms with Crippen LogP contribution in [0, 0.1) is 5.92 Å². The van der Waals surface area contributed by atoms with Crippen molar-refractivity contribution in [2.24, 2.45) is 5.92 Å². The number of benzene rings is 2. The third-order valence-electron chi connectivity index (χ3n) is 7.00. The maximum atomic E-state index is 13.4. The molecule has 2 aromatic carbocycles. The number of nitrogens with one attached hydrogen (secondary N) is 4. The van der Waals surface area contributed by atoms with Crippen molar-refractivity contribution >= 4 is 46.6 Å². The number of rotatable bonds is 16. The van der Waals surface area contributed by atoms with E-state index in [4.69, 9.17) is 9.84 Å². The lowest BCUT2D eigenvalue weighted by Crippen LogP contribution is -2.57. The summed E-state index contributed by atoms with van der Waals surface area (Å²) in [7, 11) is -1.38. The fourth-order valence-electron chi connectivity index (χ4n) is 4.87. The first-order valence-corrected chi connectivity index (χ1v) is 15.9. The smallest absolute Gasteiger partial charge is 0.408 e. The highest BCUT2D eigenvalue weighted by Crippen LogP contribution is 2.29. The number of carboxylic acid groups (broad SMARTS) is 2. The molecule has 0 aromatic heterocycles. The average molecular weight is 657 g/mol. The van der Waals surface area contributed by atoms with Crippen LogP contribution in [0.2, 0.25) is 0 Å². The normalized spacial score (nSPS) is 15.1. The van der Waals surface area contributed by atoms with Gasteiger partial charge in [0.2, 0.25) is 17.7 Å². The summed E-state index contributed by atoms with van der Waals surface area (Å²) in [5.74, 6) is -5.50. The number of alkyl carbamates (subject to hydrolysis) is 1. The van der Waals surface area contributed by atoms with Crippen LogP contribution in [0.15, 0.2) is 66.1 Å². The van der Waals surface area contributed by atoms with Gasteiger partial charge >= 0.3 is 18.0 Å². The van der Waals surface area contributed by atoms with Crippen LogP contribution in [0.5, 0.6) is 0 Å². The van der Waals surface area contributed by atoms with Crippen molar-refractivity contribution < 1.29 is 47.9 Å². The molecule has 0 aliphatic heterocycles. The Kier molecular flexibility index (Phi) is 13.4. The number of carboxylic acids is 2. The Labute approximate surface area is 267 Å². The number of carbonyl (C=O) groups excluding carboxylic acids is 4. The zero-order chi connectivity index (χ0) is 33.6. The van der Waals surface area contributed by atoms with Gasteiger partial charge in [-0.1, -0.05) is 60.7 Å². The van der Waals surface area contributed by atoms with E-state index < -0.39 is 90.0 Å². The molecule has 3 unspecified atom stereocenters. The molecule has 0 fully saturated rings. The summed E-state index contributed by atoms with van der Waals surface area (Å²) in [6.45, 7) is -0.701. The van der Waals surface area contributed by atoms with Gasteiger partial charge in [-0.3, -0.25) is 28.2 Å². The van der Waals surface area contributed by atoms with Crippen LogP contribution in [0.25, 0.3) is 0 Å². The van der Waals surface area contributed by atoms with Crippen LogP contribution < -0.4 is 21.3 Å². The second-order valence-corrected chi connectivity index (χ2v) is 11.9. The minimum absolute atomic E-state index is 0.124. The highest BCUT2D eigenvalue weighted by Gasteiger charge is 2.36. The van der Waals surface area contributed by atoms with Crippen molar-refractivity contribution in [3.8, 4) is 0 Å². The summed E-state index contributed by atoms with van der Waals surface area (Å²) in [5, 5.41) is 29.5. The first-order chi connectivity index (χ1) is 21.9. The number of aliphatic carboxylic acids is 2. The number of hydrogen-bond acceptors (Lipinski definition) is 8. The lowest BCUT2D eigenvalue weighted by Gasteiger charge is -2.26. The number of hydrogen-bond donors (Lipinski definition) is 6. The van der Waals surface area contributed by atoms with Gasteiger partial charge in [-0.25, -0.2) is 4.79 Å². The molecular weight excluding hydrogens is 620 g/mol. The van der Waals surface area contributed by atoms with Crippen LogP contribution in [0.3, 0.4) is 0 Å². The molecule has 0 saturated carbocycles. The lowest BCUT2D eigenvalue weighted by molar-refractivity contribution is -0.140. The lowest BCUT2D eigenvalue weighted by atomic mass is 9.95. The largest absolute Gasteiger partial charge is 0.481 e.